The molecule has 0 aliphatic heterocycles. The Balaban J connectivity index is 2.56. The lowest BCUT2D eigenvalue weighted by Crippen LogP contribution is -1.96. The van der Waals surface area contributed by atoms with E-state index in [1.807, 2.05) is 19.2 Å². The summed E-state index contributed by atoms with van der Waals surface area (Å²) in [6.07, 6.45) is 5.43. The summed E-state index contributed by atoms with van der Waals surface area (Å²) in [7, 11) is 0. The summed E-state index contributed by atoms with van der Waals surface area (Å²) in [4.78, 5) is 4.06. The molecule has 1 rings (SSSR count). The van der Waals surface area contributed by atoms with E-state index in [9.17, 15) is 0 Å². The lowest BCUT2D eigenvalue weighted by atomic mass is 10.2. The normalized spacial score (nSPS) is 9.08. The van der Waals surface area contributed by atoms with Crippen molar-refractivity contribution in [3.8, 4) is 11.8 Å². The van der Waals surface area contributed by atoms with Crippen LogP contribution in [-0.2, 0) is 0 Å². The van der Waals surface area contributed by atoms with Gasteiger partial charge < -0.3 is 5.73 Å². The lowest BCUT2D eigenvalue weighted by molar-refractivity contribution is 0.870. The van der Waals surface area contributed by atoms with Gasteiger partial charge in [-0.05, 0) is 31.5 Å². The number of rotatable bonds is 2. The molecule has 0 bridgehead atoms. The van der Waals surface area contributed by atoms with Crippen LogP contribution in [0.4, 0.5) is 0 Å². The Morgan fingerprint density at radius 1 is 1.46 bits per heavy atom. The van der Waals surface area contributed by atoms with Crippen LogP contribution in [0.5, 0.6) is 0 Å². The van der Waals surface area contributed by atoms with E-state index in [1.54, 1.807) is 6.20 Å². The summed E-state index contributed by atoms with van der Waals surface area (Å²) in [5.74, 6) is 6.11. The maximum atomic E-state index is 5.35. The monoisotopic (exact) mass is 174 g/mol. The number of aromatic nitrogens is 1. The second kappa shape index (κ2) is 5.34. The Kier molecular flexibility index (Phi) is 4.01. The van der Waals surface area contributed by atoms with Crippen molar-refractivity contribution in [3.63, 3.8) is 0 Å². The number of hydrogen-bond donors (Lipinski definition) is 1. The molecule has 0 aliphatic rings. The Morgan fingerprint density at radius 3 is 3.00 bits per heavy atom. The topological polar surface area (TPSA) is 38.9 Å². The third-order valence-corrected chi connectivity index (χ3v) is 1.61. The molecule has 0 spiro atoms. The molecule has 0 atom stereocenters. The van der Waals surface area contributed by atoms with Crippen molar-refractivity contribution in [1.29, 1.82) is 0 Å². The summed E-state index contributed by atoms with van der Waals surface area (Å²) < 4.78 is 0. The van der Waals surface area contributed by atoms with Crippen LogP contribution in [0.1, 0.15) is 24.0 Å². The molecule has 0 fully saturated rings. The SMILES string of the molecule is Cc1cncc(C#CCCCN)c1. The molecule has 0 unspecified atom stereocenters. The minimum Gasteiger partial charge on any atom is -0.330 e. The Morgan fingerprint density at radius 2 is 2.31 bits per heavy atom. The van der Waals surface area contributed by atoms with Gasteiger partial charge in [0.25, 0.3) is 0 Å². The van der Waals surface area contributed by atoms with E-state index in [1.165, 1.54) is 0 Å². The smallest absolute Gasteiger partial charge is 0.0431 e. The molecule has 0 saturated carbocycles. The fraction of sp³-hybridized carbons (Fsp3) is 0.364. The summed E-state index contributed by atoms with van der Waals surface area (Å²) >= 11 is 0. The number of nitrogens with two attached hydrogens (primary N) is 1. The minimum atomic E-state index is 0.709. The van der Waals surface area contributed by atoms with E-state index in [0.717, 1.165) is 24.0 Å². The second-order valence-corrected chi connectivity index (χ2v) is 2.94. The Bertz CT molecular complexity index is 320. The fourth-order valence-corrected chi connectivity index (χ4v) is 0.978. The second-order valence-electron chi connectivity index (χ2n) is 2.94. The number of nitrogens with zero attached hydrogens (tertiary/aromatic N) is 1. The molecule has 2 N–H and O–H groups in total. The average molecular weight is 174 g/mol. The maximum Gasteiger partial charge on any atom is 0.0431 e. The zero-order valence-electron chi connectivity index (χ0n) is 7.88. The van der Waals surface area contributed by atoms with Crippen LogP contribution >= 0.6 is 0 Å². The van der Waals surface area contributed by atoms with Crippen molar-refractivity contribution in [2.75, 3.05) is 6.54 Å². The summed E-state index contributed by atoms with van der Waals surface area (Å²) in [6, 6.07) is 2.03. The molecule has 68 valence electrons. The summed E-state index contributed by atoms with van der Waals surface area (Å²) in [5.41, 5.74) is 7.48. The van der Waals surface area contributed by atoms with Crippen molar-refractivity contribution in [2.24, 2.45) is 5.73 Å². The zero-order chi connectivity index (χ0) is 9.52. The third-order valence-electron chi connectivity index (χ3n) is 1.61. The Hall–Kier alpha value is -1.33. The molecule has 0 saturated heterocycles. The van der Waals surface area contributed by atoms with Crippen LogP contribution < -0.4 is 5.73 Å². The highest BCUT2D eigenvalue weighted by Crippen LogP contribution is 1.98. The van der Waals surface area contributed by atoms with Crippen molar-refractivity contribution in [2.45, 2.75) is 19.8 Å². The van der Waals surface area contributed by atoms with Gasteiger partial charge in [-0.2, -0.15) is 0 Å². The number of unbranched alkanes of at least 4 members (excludes halogenated alkanes) is 1. The molecule has 1 heterocycles. The predicted molar refractivity (Wildman–Crippen MR) is 54.1 cm³/mol. The van der Waals surface area contributed by atoms with Crippen molar-refractivity contribution in [3.05, 3.63) is 29.6 Å². The van der Waals surface area contributed by atoms with Crippen LogP contribution in [-0.4, -0.2) is 11.5 Å². The maximum absolute atomic E-state index is 5.35. The predicted octanol–water partition coefficient (Wildman–Crippen LogP) is 1.48. The summed E-state index contributed by atoms with van der Waals surface area (Å²) in [5, 5.41) is 0. The highest BCUT2D eigenvalue weighted by atomic mass is 14.6. The molecular formula is C11H14N2. The molecule has 13 heavy (non-hydrogen) atoms. The molecule has 1 aromatic rings. The van der Waals surface area contributed by atoms with E-state index >= 15 is 0 Å². The van der Waals surface area contributed by atoms with Gasteiger partial charge in [-0.3, -0.25) is 4.98 Å². The first-order valence-corrected chi connectivity index (χ1v) is 4.43. The number of pyridine rings is 1. The Labute approximate surface area is 79.2 Å². The van der Waals surface area contributed by atoms with Crippen molar-refractivity contribution in [1.82, 2.24) is 4.98 Å². The molecule has 0 aromatic carbocycles. The van der Waals surface area contributed by atoms with Crippen molar-refractivity contribution >= 4 is 0 Å². The lowest BCUT2D eigenvalue weighted by Gasteiger charge is -1.91. The van der Waals surface area contributed by atoms with E-state index < -0.39 is 0 Å². The first-order chi connectivity index (χ1) is 6.33. The van der Waals surface area contributed by atoms with Gasteiger partial charge in [0, 0.05) is 24.4 Å². The van der Waals surface area contributed by atoms with Gasteiger partial charge in [-0.25, -0.2) is 0 Å². The van der Waals surface area contributed by atoms with Gasteiger partial charge in [0.15, 0.2) is 0 Å². The van der Waals surface area contributed by atoms with E-state index in [4.69, 9.17) is 5.73 Å². The third kappa shape index (κ3) is 3.73. The molecule has 1 aromatic heterocycles. The first-order valence-electron chi connectivity index (χ1n) is 4.43. The molecule has 0 radical (unpaired) electrons. The molecule has 2 nitrogen and oxygen atoms in total. The standard InChI is InChI=1S/C11H14N2/c1-10-7-11(9-13-8-10)5-3-2-4-6-12/h7-9H,2,4,6,12H2,1H3. The summed E-state index contributed by atoms with van der Waals surface area (Å²) in [6.45, 7) is 2.72. The van der Waals surface area contributed by atoms with Crippen LogP contribution in [0.2, 0.25) is 0 Å². The number of aryl methyl sites for hydroxylation is 1. The van der Waals surface area contributed by atoms with E-state index in [-0.39, 0.29) is 0 Å². The fourth-order valence-electron chi connectivity index (χ4n) is 0.978. The van der Waals surface area contributed by atoms with Gasteiger partial charge in [0.1, 0.15) is 0 Å². The zero-order valence-corrected chi connectivity index (χ0v) is 7.88. The van der Waals surface area contributed by atoms with Gasteiger partial charge >= 0.3 is 0 Å². The van der Waals surface area contributed by atoms with Crippen LogP contribution in [0.3, 0.4) is 0 Å². The van der Waals surface area contributed by atoms with Crippen molar-refractivity contribution < 1.29 is 0 Å². The quantitative estimate of drug-likeness (QED) is 0.545. The number of hydrogen-bond acceptors (Lipinski definition) is 2. The van der Waals surface area contributed by atoms with Crippen LogP contribution in [0, 0.1) is 18.8 Å². The molecular weight excluding hydrogens is 160 g/mol. The molecule has 0 aliphatic carbocycles. The van der Waals surface area contributed by atoms with Gasteiger partial charge in [-0.15, -0.1) is 0 Å². The molecule has 0 amide bonds. The highest BCUT2D eigenvalue weighted by Gasteiger charge is 1.87. The average Bonchev–Trinajstić information content (AvgIpc) is 2.13. The van der Waals surface area contributed by atoms with Crippen LogP contribution in [0.15, 0.2) is 18.5 Å². The van der Waals surface area contributed by atoms with Gasteiger partial charge in [0.2, 0.25) is 0 Å². The van der Waals surface area contributed by atoms with Gasteiger partial charge in [0.05, 0.1) is 0 Å². The first kappa shape index (κ1) is 9.76. The van der Waals surface area contributed by atoms with E-state index in [2.05, 4.69) is 16.8 Å². The minimum absolute atomic E-state index is 0.709. The highest BCUT2D eigenvalue weighted by molar-refractivity contribution is 5.33. The van der Waals surface area contributed by atoms with E-state index in [0.29, 0.717) is 6.54 Å². The largest absolute Gasteiger partial charge is 0.330 e. The molecule has 2 heteroatoms. The van der Waals surface area contributed by atoms with Crippen LogP contribution in [0.25, 0.3) is 0 Å². The van der Waals surface area contributed by atoms with Gasteiger partial charge in [-0.1, -0.05) is 11.8 Å².